The van der Waals surface area contributed by atoms with E-state index in [4.69, 9.17) is 5.14 Å². The molecule has 4 heteroatoms. The Balaban J connectivity index is 4.21. The molecule has 11 heavy (non-hydrogen) atoms. The molecule has 0 amide bonds. The molecule has 0 bridgehead atoms. The second-order valence-corrected chi connectivity index (χ2v) is 5.76. The summed E-state index contributed by atoms with van der Waals surface area (Å²) in [5.74, 6) is 0.161. The molecular formula is C7H17NO2S. The summed E-state index contributed by atoms with van der Waals surface area (Å²) in [6.07, 6.45) is 0. The van der Waals surface area contributed by atoms with Crippen molar-refractivity contribution in [3.8, 4) is 0 Å². The summed E-state index contributed by atoms with van der Waals surface area (Å²) in [4.78, 5) is 0. The molecule has 0 aromatic heterocycles. The van der Waals surface area contributed by atoms with Crippen molar-refractivity contribution in [3.05, 3.63) is 0 Å². The van der Waals surface area contributed by atoms with Gasteiger partial charge in [-0.2, -0.15) is 0 Å². The van der Waals surface area contributed by atoms with Crippen LogP contribution in [0.15, 0.2) is 0 Å². The van der Waals surface area contributed by atoms with Crippen molar-refractivity contribution in [2.45, 2.75) is 27.7 Å². The van der Waals surface area contributed by atoms with Gasteiger partial charge in [-0.15, -0.1) is 0 Å². The summed E-state index contributed by atoms with van der Waals surface area (Å²) in [5.41, 5.74) is 0.00639. The van der Waals surface area contributed by atoms with Gasteiger partial charge in [0.25, 0.3) is 0 Å². The van der Waals surface area contributed by atoms with E-state index in [1.165, 1.54) is 0 Å². The molecule has 0 fully saturated rings. The monoisotopic (exact) mass is 179 g/mol. The van der Waals surface area contributed by atoms with Crippen LogP contribution < -0.4 is 5.14 Å². The molecule has 0 aliphatic carbocycles. The van der Waals surface area contributed by atoms with Gasteiger partial charge in [-0.1, -0.05) is 27.7 Å². The first-order valence-corrected chi connectivity index (χ1v) is 5.35. The Bertz CT molecular complexity index is 213. The van der Waals surface area contributed by atoms with Gasteiger partial charge >= 0.3 is 0 Å². The zero-order valence-corrected chi connectivity index (χ0v) is 8.40. The number of primary sulfonamides is 1. The molecule has 0 aliphatic heterocycles. The minimum atomic E-state index is -3.31. The van der Waals surface area contributed by atoms with Gasteiger partial charge in [0, 0.05) is 0 Å². The Morgan fingerprint density at radius 2 is 1.73 bits per heavy atom. The summed E-state index contributed by atoms with van der Waals surface area (Å²) in [7, 11) is -3.31. The number of nitrogens with two attached hydrogens (primary N) is 1. The third-order valence-corrected chi connectivity index (χ3v) is 2.93. The van der Waals surface area contributed by atoms with Crippen LogP contribution in [0.25, 0.3) is 0 Å². The van der Waals surface area contributed by atoms with Crippen molar-refractivity contribution < 1.29 is 8.42 Å². The topological polar surface area (TPSA) is 60.2 Å². The van der Waals surface area contributed by atoms with Gasteiger partial charge in [-0.05, 0) is 11.3 Å². The molecule has 2 N–H and O–H groups in total. The Morgan fingerprint density at radius 3 is 1.82 bits per heavy atom. The van der Waals surface area contributed by atoms with Gasteiger partial charge in [0.05, 0.1) is 5.75 Å². The van der Waals surface area contributed by atoms with Gasteiger partial charge in [-0.3, -0.25) is 0 Å². The first-order chi connectivity index (χ1) is 4.63. The summed E-state index contributed by atoms with van der Waals surface area (Å²) in [6.45, 7) is 7.90. The molecule has 0 rings (SSSR count). The Morgan fingerprint density at radius 1 is 1.36 bits per heavy atom. The average molecular weight is 179 g/mol. The van der Waals surface area contributed by atoms with Crippen LogP contribution in [0.3, 0.4) is 0 Å². The molecule has 0 radical (unpaired) electrons. The Labute approximate surface area is 69.0 Å². The third kappa shape index (κ3) is 5.21. The maximum absolute atomic E-state index is 10.7. The number of rotatable bonds is 2. The molecule has 0 heterocycles. The minimum absolute atomic E-state index is 0.00639. The van der Waals surface area contributed by atoms with E-state index in [1.54, 1.807) is 0 Å². The first kappa shape index (κ1) is 10.9. The van der Waals surface area contributed by atoms with Crippen LogP contribution in [0.5, 0.6) is 0 Å². The van der Waals surface area contributed by atoms with E-state index in [9.17, 15) is 8.42 Å². The second-order valence-electron chi connectivity index (χ2n) is 4.10. The maximum atomic E-state index is 10.7. The highest BCUT2D eigenvalue weighted by Gasteiger charge is 2.23. The summed E-state index contributed by atoms with van der Waals surface area (Å²) in [5, 5.41) is 4.91. The molecule has 0 saturated carbocycles. The van der Waals surface area contributed by atoms with E-state index >= 15 is 0 Å². The lowest BCUT2D eigenvalue weighted by molar-refractivity contribution is 0.285. The van der Waals surface area contributed by atoms with Crippen LogP contribution in [-0.4, -0.2) is 14.2 Å². The molecule has 0 saturated heterocycles. The van der Waals surface area contributed by atoms with Crippen molar-refractivity contribution >= 4 is 10.0 Å². The van der Waals surface area contributed by atoms with Crippen LogP contribution >= 0.6 is 0 Å². The average Bonchev–Trinajstić information content (AvgIpc) is 1.56. The normalized spacial score (nSPS) is 16.5. The Hall–Kier alpha value is -0.0900. The fourth-order valence-electron chi connectivity index (χ4n) is 0.598. The van der Waals surface area contributed by atoms with Crippen LogP contribution in [0.2, 0.25) is 0 Å². The van der Waals surface area contributed by atoms with Crippen LogP contribution in [0, 0.1) is 11.3 Å². The highest BCUT2D eigenvalue weighted by Crippen LogP contribution is 2.25. The molecule has 1 unspecified atom stereocenters. The molecular weight excluding hydrogens is 162 g/mol. The highest BCUT2D eigenvalue weighted by molar-refractivity contribution is 7.89. The minimum Gasteiger partial charge on any atom is -0.229 e. The van der Waals surface area contributed by atoms with E-state index in [2.05, 4.69) is 0 Å². The molecule has 0 spiro atoms. The van der Waals surface area contributed by atoms with Gasteiger partial charge in [0.2, 0.25) is 10.0 Å². The first-order valence-electron chi connectivity index (χ1n) is 3.63. The highest BCUT2D eigenvalue weighted by atomic mass is 32.2. The predicted molar refractivity (Wildman–Crippen MR) is 46.6 cm³/mol. The lowest BCUT2D eigenvalue weighted by atomic mass is 9.83. The molecule has 0 aromatic rings. The maximum Gasteiger partial charge on any atom is 0.209 e. The summed E-state index contributed by atoms with van der Waals surface area (Å²) < 4.78 is 21.3. The lowest BCUT2D eigenvalue weighted by Crippen LogP contribution is -2.29. The van der Waals surface area contributed by atoms with E-state index < -0.39 is 10.0 Å². The predicted octanol–water partition coefficient (Wildman–Crippen LogP) is 0.957. The van der Waals surface area contributed by atoms with Gasteiger partial charge in [-0.25, -0.2) is 13.6 Å². The van der Waals surface area contributed by atoms with Crippen LogP contribution in [0.1, 0.15) is 27.7 Å². The molecule has 68 valence electrons. The molecule has 0 aliphatic rings. The quantitative estimate of drug-likeness (QED) is 0.686. The van der Waals surface area contributed by atoms with Gasteiger partial charge in [0.15, 0.2) is 0 Å². The third-order valence-electron chi connectivity index (χ3n) is 1.96. The standard InChI is InChI=1S/C7H17NO2S/c1-6(7(2,3)4)5-11(8,9)10/h6H,5H2,1-4H3,(H2,8,9,10). The van der Waals surface area contributed by atoms with Crippen molar-refractivity contribution in [2.24, 2.45) is 16.5 Å². The van der Waals surface area contributed by atoms with Crippen LogP contribution in [-0.2, 0) is 10.0 Å². The smallest absolute Gasteiger partial charge is 0.209 e. The summed E-state index contributed by atoms with van der Waals surface area (Å²) >= 11 is 0. The van der Waals surface area contributed by atoms with Crippen molar-refractivity contribution in [3.63, 3.8) is 0 Å². The zero-order valence-electron chi connectivity index (χ0n) is 7.59. The zero-order chi connectivity index (χ0) is 9.28. The molecule has 1 atom stereocenters. The Kier molecular flexibility index (Phi) is 3.08. The van der Waals surface area contributed by atoms with E-state index in [1.807, 2.05) is 27.7 Å². The van der Waals surface area contributed by atoms with Crippen molar-refractivity contribution in [1.29, 1.82) is 0 Å². The fraction of sp³-hybridized carbons (Fsp3) is 1.00. The summed E-state index contributed by atoms with van der Waals surface area (Å²) in [6, 6.07) is 0. The number of sulfonamides is 1. The fourth-order valence-corrected chi connectivity index (χ4v) is 1.80. The number of hydrogen-bond donors (Lipinski definition) is 1. The largest absolute Gasteiger partial charge is 0.229 e. The van der Waals surface area contributed by atoms with E-state index in [0.717, 1.165) is 0 Å². The van der Waals surface area contributed by atoms with E-state index in [-0.39, 0.29) is 17.1 Å². The van der Waals surface area contributed by atoms with Crippen molar-refractivity contribution in [1.82, 2.24) is 0 Å². The molecule has 3 nitrogen and oxygen atoms in total. The SMILES string of the molecule is CC(CS(N)(=O)=O)C(C)(C)C. The van der Waals surface area contributed by atoms with E-state index in [0.29, 0.717) is 0 Å². The van der Waals surface area contributed by atoms with Gasteiger partial charge in [0.1, 0.15) is 0 Å². The second kappa shape index (κ2) is 3.11. The molecule has 0 aromatic carbocycles. The van der Waals surface area contributed by atoms with Crippen LogP contribution in [0.4, 0.5) is 0 Å². The van der Waals surface area contributed by atoms with Crippen molar-refractivity contribution in [2.75, 3.05) is 5.75 Å². The number of hydrogen-bond acceptors (Lipinski definition) is 2. The lowest BCUT2D eigenvalue weighted by Gasteiger charge is -2.25. The van der Waals surface area contributed by atoms with Gasteiger partial charge < -0.3 is 0 Å².